The van der Waals surface area contributed by atoms with Crippen LogP contribution in [0.25, 0.3) is 0 Å². The molecule has 150 valence electrons. The molecule has 3 heteroatoms. The number of hydrogen-bond acceptors (Lipinski definition) is 3. The van der Waals surface area contributed by atoms with E-state index >= 15 is 0 Å². The van der Waals surface area contributed by atoms with Crippen LogP contribution in [0, 0.1) is 0 Å². The number of carbonyl (C=O) groups is 1. The number of aldehydes is 1. The first kappa shape index (κ1) is 20.7. The fraction of sp³-hybridized carbons (Fsp3) is 0.269. The van der Waals surface area contributed by atoms with E-state index in [1.807, 2.05) is 72.8 Å². The Morgan fingerprint density at radius 1 is 0.793 bits per heavy atom. The third-order valence-corrected chi connectivity index (χ3v) is 4.85. The van der Waals surface area contributed by atoms with Crippen LogP contribution in [-0.4, -0.2) is 6.29 Å². The van der Waals surface area contributed by atoms with E-state index in [4.69, 9.17) is 9.47 Å². The monoisotopic (exact) mass is 388 g/mol. The molecule has 3 aromatic carbocycles. The fourth-order valence-electron chi connectivity index (χ4n) is 3.24. The third kappa shape index (κ3) is 6.21. The summed E-state index contributed by atoms with van der Waals surface area (Å²) in [7, 11) is 0. The van der Waals surface area contributed by atoms with E-state index < -0.39 is 0 Å². The van der Waals surface area contributed by atoms with E-state index in [1.54, 1.807) is 0 Å². The molecule has 3 rings (SSSR count). The van der Waals surface area contributed by atoms with Crippen molar-refractivity contribution in [2.45, 2.75) is 45.8 Å². The molecule has 0 spiro atoms. The Morgan fingerprint density at radius 3 is 2.00 bits per heavy atom. The van der Waals surface area contributed by atoms with Gasteiger partial charge in [0.2, 0.25) is 0 Å². The van der Waals surface area contributed by atoms with Gasteiger partial charge in [-0.25, -0.2) is 0 Å². The maximum Gasteiger partial charge on any atom is 0.154 e. The minimum Gasteiger partial charge on any atom is -0.489 e. The van der Waals surface area contributed by atoms with Gasteiger partial charge in [-0.1, -0.05) is 80.4 Å². The van der Waals surface area contributed by atoms with Gasteiger partial charge in [-0.15, -0.1) is 0 Å². The molecule has 0 amide bonds. The molecule has 0 fully saturated rings. The average Bonchev–Trinajstić information content (AvgIpc) is 2.77. The van der Waals surface area contributed by atoms with Crippen LogP contribution in [0.15, 0.2) is 72.8 Å². The van der Waals surface area contributed by atoms with Crippen molar-refractivity contribution >= 4 is 6.29 Å². The summed E-state index contributed by atoms with van der Waals surface area (Å²) in [6, 6.07) is 23.8. The van der Waals surface area contributed by atoms with Crippen molar-refractivity contribution in [1.82, 2.24) is 0 Å². The van der Waals surface area contributed by atoms with Gasteiger partial charge >= 0.3 is 0 Å². The lowest BCUT2D eigenvalue weighted by Crippen LogP contribution is -2.04. The van der Waals surface area contributed by atoms with Crippen molar-refractivity contribution in [1.29, 1.82) is 0 Å². The smallest absolute Gasteiger partial charge is 0.154 e. The lowest BCUT2D eigenvalue weighted by atomic mass is 10.0. The van der Waals surface area contributed by atoms with Gasteiger partial charge in [0.15, 0.2) is 6.29 Å². The van der Waals surface area contributed by atoms with Crippen LogP contribution in [0.3, 0.4) is 0 Å². The van der Waals surface area contributed by atoms with E-state index in [0.29, 0.717) is 24.5 Å². The van der Waals surface area contributed by atoms with Crippen LogP contribution in [0.4, 0.5) is 0 Å². The number of ether oxygens (including phenoxy) is 2. The number of hydrogen-bond donors (Lipinski definition) is 0. The summed E-state index contributed by atoms with van der Waals surface area (Å²) in [5.74, 6) is 1.31. The van der Waals surface area contributed by atoms with E-state index in [1.165, 1.54) is 0 Å². The molecule has 0 bridgehead atoms. The molecule has 0 saturated heterocycles. The predicted molar refractivity (Wildman–Crippen MR) is 117 cm³/mol. The summed E-state index contributed by atoms with van der Waals surface area (Å²) in [4.78, 5) is 11.9. The topological polar surface area (TPSA) is 35.5 Å². The highest BCUT2D eigenvalue weighted by Gasteiger charge is 2.13. The Balaban J connectivity index is 1.82. The summed E-state index contributed by atoms with van der Waals surface area (Å²) in [6.07, 6.45) is 5.05. The minimum absolute atomic E-state index is 0.415. The molecule has 0 aliphatic heterocycles. The Labute approximate surface area is 173 Å². The highest BCUT2D eigenvalue weighted by Crippen LogP contribution is 2.30. The van der Waals surface area contributed by atoms with Gasteiger partial charge in [0.05, 0.1) is 5.56 Å². The van der Waals surface area contributed by atoms with Gasteiger partial charge in [0.1, 0.15) is 24.7 Å². The first-order chi connectivity index (χ1) is 14.3. The summed E-state index contributed by atoms with van der Waals surface area (Å²) >= 11 is 0. The maximum atomic E-state index is 11.9. The van der Waals surface area contributed by atoms with Crippen molar-refractivity contribution in [2.24, 2.45) is 0 Å². The van der Waals surface area contributed by atoms with Gasteiger partial charge in [0.25, 0.3) is 0 Å². The van der Waals surface area contributed by atoms with Crippen molar-refractivity contribution in [3.63, 3.8) is 0 Å². The summed E-state index contributed by atoms with van der Waals surface area (Å²) < 4.78 is 12.1. The molecule has 0 N–H and O–H groups in total. The lowest BCUT2D eigenvalue weighted by molar-refractivity contribution is 0.111. The number of unbranched alkanes of at least 4 members (excludes halogenated alkanes) is 2. The zero-order chi connectivity index (χ0) is 20.3. The van der Waals surface area contributed by atoms with Crippen LogP contribution < -0.4 is 9.47 Å². The van der Waals surface area contributed by atoms with Crippen molar-refractivity contribution in [3.05, 3.63) is 95.1 Å². The minimum atomic E-state index is 0.415. The second-order valence-electron chi connectivity index (χ2n) is 7.12. The van der Waals surface area contributed by atoms with Gasteiger partial charge in [0, 0.05) is 6.07 Å². The molecule has 29 heavy (non-hydrogen) atoms. The van der Waals surface area contributed by atoms with Crippen LogP contribution in [-0.2, 0) is 19.6 Å². The fourth-order valence-corrected chi connectivity index (χ4v) is 3.24. The quantitative estimate of drug-likeness (QED) is 0.282. The molecule has 0 aliphatic rings. The maximum absolute atomic E-state index is 11.9. The van der Waals surface area contributed by atoms with Crippen molar-refractivity contribution in [2.75, 3.05) is 0 Å². The van der Waals surface area contributed by atoms with Gasteiger partial charge in [-0.2, -0.15) is 0 Å². The summed E-state index contributed by atoms with van der Waals surface area (Å²) in [5, 5.41) is 0. The first-order valence-corrected chi connectivity index (χ1v) is 10.3. The zero-order valence-electron chi connectivity index (χ0n) is 17.0. The van der Waals surface area contributed by atoms with E-state index in [0.717, 1.165) is 54.4 Å². The van der Waals surface area contributed by atoms with Gasteiger partial charge in [-0.3, -0.25) is 4.79 Å². The molecule has 3 aromatic rings. The van der Waals surface area contributed by atoms with Gasteiger partial charge < -0.3 is 9.47 Å². The summed E-state index contributed by atoms with van der Waals surface area (Å²) in [5.41, 5.74) is 3.78. The van der Waals surface area contributed by atoms with Gasteiger partial charge in [-0.05, 0) is 35.6 Å². The highest BCUT2D eigenvalue weighted by molar-refractivity contribution is 5.82. The molecule has 0 heterocycles. The number of rotatable bonds is 11. The Kier molecular flexibility index (Phi) is 7.88. The number of benzene rings is 3. The van der Waals surface area contributed by atoms with Crippen LogP contribution in [0.1, 0.15) is 53.2 Å². The number of carbonyl (C=O) groups excluding carboxylic acids is 1. The Bertz CT molecular complexity index is 889. The Morgan fingerprint density at radius 2 is 1.41 bits per heavy atom. The molecule has 0 radical (unpaired) electrons. The second kappa shape index (κ2) is 11.1. The van der Waals surface area contributed by atoms with E-state index in [2.05, 4.69) is 6.92 Å². The average molecular weight is 389 g/mol. The lowest BCUT2D eigenvalue weighted by Gasteiger charge is -2.16. The molecule has 0 atom stereocenters. The molecular formula is C26H28O3. The standard InChI is InChI=1S/C26H28O3/c1-2-3-6-15-23-16-24(28-19-21-11-7-4-8-12-21)17-26(25(23)18-27)29-20-22-13-9-5-10-14-22/h4-5,7-14,16-18H,2-3,6,15,19-20H2,1H3. The normalized spacial score (nSPS) is 10.5. The summed E-state index contributed by atoms with van der Waals surface area (Å²) in [6.45, 7) is 3.07. The SMILES string of the molecule is CCCCCc1cc(OCc2ccccc2)cc(OCc2ccccc2)c1C=O. The van der Waals surface area contributed by atoms with Crippen molar-refractivity contribution in [3.8, 4) is 11.5 Å². The molecule has 0 aliphatic carbocycles. The predicted octanol–water partition coefficient (Wildman–Crippen LogP) is 6.39. The second-order valence-corrected chi connectivity index (χ2v) is 7.12. The largest absolute Gasteiger partial charge is 0.489 e. The van der Waals surface area contributed by atoms with Crippen molar-refractivity contribution < 1.29 is 14.3 Å². The molecule has 0 aromatic heterocycles. The highest BCUT2D eigenvalue weighted by atomic mass is 16.5. The van der Waals surface area contributed by atoms with Crippen LogP contribution >= 0.6 is 0 Å². The first-order valence-electron chi connectivity index (χ1n) is 10.3. The van der Waals surface area contributed by atoms with Crippen LogP contribution in [0.2, 0.25) is 0 Å². The molecule has 3 nitrogen and oxygen atoms in total. The van der Waals surface area contributed by atoms with E-state index in [-0.39, 0.29) is 0 Å². The molecule has 0 saturated carbocycles. The van der Waals surface area contributed by atoms with E-state index in [9.17, 15) is 4.79 Å². The number of aryl methyl sites for hydroxylation is 1. The molecular weight excluding hydrogens is 360 g/mol. The third-order valence-electron chi connectivity index (χ3n) is 4.85. The zero-order valence-corrected chi connectivity index (χ0v) is 17.0. The van der Waals surface area contributed by atoms with Crippen LogP contribution in [0.5, 0.6) is 11.5 Å². The Hall–Kier alpha value is -3.07. The molecule has 0 unspecified atom stereocenters.